The molecule has 152 valence electrons. The minimum Gasteiger partial charge on any atom is -0.366 e. The van der Waals surface area contributed by atoms with Gasteiger partial charge in [0.25, 0.3) is 0 Å². The molecule has 2 aromatic rings. The Bertz CT molecular complexity index is 905. The summed E-state index contributed by atoms with van der Waals surface area (Å²) in [6.45, 7) is 3.72. The number of pyridine rings is 1. The zero-order chi connectivity index (χ0) is 20.0. The highest BCUT2D eigenvalue weighted by Crippen LogP contribution is 2.40. The fourth-order valence-electron chi connectivity index (χ4n) is 4.54. The van der Waals surface area contributed by atoms with Gasteiger partial charge >= 0.3 is 6.03 Å². The molecule has 0 saturated carbocycles. The lowest BCUT2D eigenvalue weighted by Crippen LogP contribution is -2.48. The van der Waals surface area contributed by atoms with E-state index in [-0.39, 0.29) is 12.1 Å². The number of hydrogen-bond donors (Lipinski definition) is 1. The van der Waals surface area contributed by atoms with E-state index in [0.29, 0.717) is 11.9 Å². The van der Waals surface area contributed by atoms with Gasteiger partial charge in [0.1, 0.15) is 5.82 Å². The number of fused-ring (bicyclic) bond motifs is 4. The summed E-state index contributed by atoms with van der Waals surface area (Å²) in [5.74, 6) is 2.13. The molecular weight excluding hydrogens is 368 g/mol. The molecular formula is C20H26N8O. The number of rotatable bonds is 3. The molecule has 3 aliphatic rings. The molecule has 2 aromatic heterocycles. The van der Waals surface area contributed by atoms with Crippen molar-refractivity contribution in [3.8, 4) is 0 Å². The second-order valence-electron chi connectivity index (χ2n) is 8.14. The average molecular weight is 394 g/mol. The molecule has 29 heavy (non-hydrogen) atoms. The fraction of sp³-hybridized carbons (Fsp3) is 0.500. The summed E-state index contributed by atoms with van der Waals surface area (Å²) in [4.78, 5) is 35.1. The molecule has 0 spiro atoms. The van der Waals surface area contributed by atoms with Crippen molar-refractivity contribution in [1.29, 1.82) is 0 Å². The standard InChI is InChI=1S/C20H26N8O/c1-25(2)14-5-10-27(12-14)18-4-3-16-19(24-18)28(15-6-9-26(16)13-15)20(29)23-17-11-21-7-8-22-17/h3-4,7-8,11,14-15H,5-6,9-10,12-13H2,1-2H3,(H,22,23,29)/t14-,15-/m0/s1. The third-order valence-electron chi connectivity index (χ3n) is 6.17. The number of nitrogens with zero attached hydrogens (tertiary/aromatic N) is 7. The summed E-state index contributed by atoms with van der Waals surface area (Å²) in [5.41, 5.74) is 1.03. The second kappa shape index (κ2) is 7.14. The van der Waals surface area contributed by atoms with Crippen LogP contribution in [0.4, 0.5) is 27.9 Å². The summed E-state index contributed by atoms with van der Waals surface area (Å²) in [7, 11) is 4.25. The van der Waals surface area contributed by atoms with E-state index in [0.717, 1.165) is 56.3 Å². The number of hydrogen-bond acceptors (Lipinski definition) is 7. The van der Waals surface area contributed by atoms with Gasteiger partial charge in [-0.15, -0.1) is 0 Å². The van der Waals surface area contributed by atoms with Crippen molar-refractivity contribution in [3.05, 3.63) is 30.7 Å². The minimum absolute atomic E-state index is 0.120. The molecule has 9 nitrogen and oxygen atoms in total. The number of urea groups is 1. The predicted molar refractivity (Wildman–Crippen MR) is 113 cm³/mol. The van der Waals surface area contributed by atoms with E-state index in [1.807, 2.05) is 4.90 Å². The van der Waals surface area contributed by atoms with Crippen LogP contribution < -0.4 is 20.0 Å². The lowest BCUT2D eigenvalue weighted by Gasteiger charge is -2.36. The Hall–Kier alpha value is -2.94. The van der Waals surface area contributed by atoms with E-state index in [1.54, 1.807) is 18.6 Å². The SMILES string of the molecule is CN(C)[C@H]1CCN(c2ccc3c(n2)N(C(=O)Nc2cnccn2)[C@H]2CCN3C2)C1. The van der Waals surface area contributed by atoms with Gasteiger partial charge in [-0.05, 0) is 39.1 Å². The maximum absolute atomic E-state index is 13.2. The Kier molecular flexibility index (Phi) is 4.46. The van der Waals surface area contributed by atoms with Crippen molar-refractivity contribution in [2.75, 3.05) is 60.3 Å². The summed E-state index contributed by atoms with van der Waals surface area (Å²) >= 11 is 0. The maximum Gasteiger partial charge on any atom is 0.329 e. The summed E-state index contributed by atoms with van der Waals surface area (Å²) in [5, 5.41) is 2.88. The van der Waals surface area contributed by atoms with Crippen molar-refractivity contribution in [2.45, 2.75) is 24.9 Å². The molecule has 2 amide bonds. The highest BCUT2D eigenvalue weighted by Gasteiger charge is 2.41. The molecule has 0 aromatic carbocycles. The van der Waals surface area contributed by atoms with Crippen molar-refractivity contribution in [3.63, 3.8) is 0 Å². The van der Waals surface area contributed by atoms with Gasteiger partial charge in [0.05, 0.1) is 17.9 Å². The van der Waals surface area contributed by atoms with Crippen LogP contribution in [0.5, 0.6) is 0 Å². The Morgan fingerprint density at radius 2 is 2.00 bits per heavy atom. The zero-order valence-electron chi connectivity index (χ0n) is 16.8. The number of amides is 2. The molecule has 3 aliphatic heterocycles. The molecule has 5 rings (SSSR count). The van der Waals surface area contributed by atoms with Crippen molar-refractivity contribution < 1.29 is 4.79 Å². The van der Waals surface area contributed by atoms with E-state index in [4.69, 9.17) is 4.98 Å². The van der Waals surface area contributed by atoms with Crippen LogP contribution in [0.3, 0.4) is 0 Å². The van der Waals surface area contributed by atoms with Crippen LogP contribution in [-0.2, 0) is 0 Å². The Labute approximate surface area is 170 Å². The van der Waals surface area contributed by atoms with Crippen LogP contribution in [0.15, 0.2) is 30.7 Å². The van der Waals surface area contributed by atoms with E-state index in [9.17, 15) is 4.79 Å². The zero-order valence-corrected chi connectivity index (χ0v) is 16.8. The highest BCUT2D eigenvalue weighted by molar-refractivity contribution is 6.04. The lowest BCUT2D eigenvalue weighted by atomic mass is 10.2. The van der Waals surface area contributed by atoms with Crippen LogP contribution in [0, 0.1) is 0 Å². The van der Waals surface area contributed by atoms with Gasteiger partial charge in [0.2, 0.25) is 0 Å². The van der Waals surface area contributed by atoms with Gasteiger partial charge in [0, 0.05) is 44.6 Å². The van der Waals surface area contributed by atoms with Gasteiger partial charge in [-0.3, -0.25) is 15.2 Å². The number of anilines is 4. The van der Waals surface area contributed by atoms with Crippen molar-refractivity contribution in [1.82, 2.24) is 19.9 Å². The number of aromatic nitrogens is 3. The van der Waals surface area contributed by atoms with Crippen LogP contribution in [0.2, 0.25) is 0 Å². The summed E-state index contributed by atoms with van der Waals surface area (Å²) < 4.78 is 0. The molecule has 0 radical (unpaired) electrons. The molecule has 2 fully saturated rings. The van der Waals surface area contributed by atoms with E-state index < -0.39 is 0 Å². The first-order chi connectivity index (χ1) is 14.1. The molecule has 2 bridgehead atoms. The number of likely N-dealkylation sites (N-methyl/N-ethyl adjacent to an activating group) is 1. The van der Waals surface area contributed by atoms with E-state index in [1.165, 1.54) is 0 Å². The van der Waals surface area contributed by atoms with Gasteiger partial charge < -0.3 is 14.7 Å². The first kappa shape index (κ1) is 18.1. The molecule has 1 N–H and O–H groups in total. The van der Waals surface area contributed by atoms with Gasteiger partial charge in [-0.1, -0.05) is 0 Å². The molecule has 0 aliphatic carbocycles. The average Bonchev–Trinajstić information content (AvgIpc) is 3.37. The van der Waals surface area contributed by atoms with Gasteiger partial charge in [-0.25, -0.2) is 14.8 Å². The summed E-state index contributed by atoms with van der Waals surface area (Å²) in [6, 6.07) is 4.66. The van der Waals surface area contributed by atoms with Gasteiger partial charge in [0.15, 0.2) is 11.6 Å². The Morgan fingerprint density at radius 1 is 1.14 bits per heavy atom. The molecule has 0 unspecified atom stereocenters. The third kappa shape index (κ3) is 3.25. The molecule has 5 heterocycles. The van der Waals surface area contributed by atoms with Crippen molar-refractivity contribution >= 4 is 29.2 Å². The molecule has 9 heteroatoms. The first-order valence-electron chi connectivity index (χ1n) is 10.1. The quantitative estimate of drug-likeness (QED) is 0.848. The predicted octanol–water partition coefficient (Wildman–Crippen LogP) is 1.64. The Morgan fingerprint density at radius 3 is 2.76 bits per heavy atom. The van der Waals surface area contributed by atoms with Crippen LogP contribution in [0.25, 0.3) is 0 Å². The first-order valence-corrected chi connectivity index (χ1v) is 10.1. The molecule has 2 atom stereocenters. The topological polar surface area (TPSA) is 80.7 Å². The van der Waals surface area contributed by atoms with Crippen molar-refractivity contribution in [2.24, 2.45) is 0 Å². The lowest BCUT2D eigenvalue weighted by molar-refractivity contribution is 0.254. The van der Waals surface area contributed by atoms with Gasteiger partial charge in [-0.2, -0.15) is 0 Å². The Balaban J connectivity index is 1.45. The maximum atomic E-state index is 13.2. The van der Waals surface area contributed by atoms with Crippen LogP contribution >= 0.6 is 0 Å². The second-order valence-corrected chi connectivity index (χ2v) is 8.14. The number of carbonyl (C=O) groups is 1. The smallest absolute Gasteiger partial charge is 0.329 e. The normalized spacial score (nSPS) is 22.9. The van der Waals surface area contributed by atoms with E-state index in [2.05, 4.69) is 56.2 Å². The summed E-state index contributed by atoms with van der Waals surface area (Å²) in [6.07, 6.45) is 6.77. The van der Waals surface area contributed by atoms with Crippen LogP contribution in [0.1, 0.15) is 12.8 Å². The monoisotopic (exact) mass is 394 g/mol. The van der Waals surface area contributed by atoms with E-state index >= 15 is 0 Å². The minimum atomic E-state index is -0.199. The van der Waals surface area contributed by atoms with Crippen LogP contribution in [-0.4, -0.2) is 78.2 Å². The number of nitrogens with one attached hydrogen (secondary N) is 1. The highest BCUT2D eigenvalue weighted by atomic mass is 16.2. The number of carbonyl (C=O) groups excluding carboxylic acids is 1. The fourth-order valence-corrected chi connectivity index (χ4v) is 4.54. The molecule has 2 saturated heterocycles. The third-order valence-corrected chi connectivity index (χ3v) is 6.17. The largest absolute Gasteiger partial charge is 0.366 e.